The van der Waals surface area contributed by atoms with Crippen molar-refractivity contribution in [2.24, 2.45) is 17.8 Å². The second-order valence-electron chi connectivity index (χ2n) is 5.26. The lowest BCUT2D eigenvalue weighted by Crippen LogP contribution is -2.24. The van der Waals surface area contributed by atoms with E-state index in [0.29, 0.717) is 23.7 Å². The van der Waals surface area contributed by atoms with Gasteiger partial charge in [0.05, 0.1) is 5.92 Å². The number of benzene rings is 1. The average Bonchev–Trinajstić information content (AvgIpc) is 2.84. The van der Waals surface area contributed by atoms with Gasteiger partial charge < -0.3 is 4.74 Å². The third-order valence-electron chi connectivity index (χ3n) is 4.91. The predicted octanol–water partition coefficient (Wildman–Crippen LogP) is 1.67. The van der Waals surface area contributed by atoms with Crippen molar-refractivity contribution in [3.8, 4) is 0 Å². The van der Waals surface area contributed by atoms with Crippen LogP contribution in [0, 0.1) is 17.8 Å². The molecule has 6 bridgehead atoms. The lowest BCUT2D eigenvalue weighted by Gasteiger charge is -2.27. The van der Waals surface area contributed by atoms with E-state index in [2.05, 4.69) is 24.3 Å². The van der Waals surface area contributed by atoms with Crippen molar-refractivity contribution in [1.29, 1.82) is 0 Å². The van der Waals surface area contributed by atoms with Gasteiger partial charge in [0.25, 0.3) is 0 Å². The zero-order valence-electron chi connectivity index (χ0n) is 8.09. The molecule has 3 fully saturated rings. The molecule has 0 unspecified atom stereocenters. The highest BCUT2D eigenvalue weighted by molar-refractivity contribution is 5.82. The summed E-state index contributed by atoms with van der Waals surface area (Å²) in [6.07, 6.45) is 0.229. The Kier molecular flexibility index (Phi) is 0.865. The van der Waals surface area contributed by atoms with E-state index >= 15 is 0 Å². The lowest BCUT2D eigenvalue weighted by molar-refractivity contribution is -0.148. The molecule has 6 rings (SSSR count). The van der Waals surface area contributed by atoms with Crippen LogP contribution in [0.2, 0.25) is 0 Å². The van der Waals surface area contributed by atoms with Crippen molar-refractivity contribution in [3.63, 3.8) is 0 Å². The van der Waals surface area contributed by atoms with Gasteiger partial charge in [-0.1, -0.05) is 24.3 Å². The van der Waals surface area contributed by atoms with E-state index in [9.17, 15) is 4.79 Å². The first kappa shape index (κ1) is 7.04. The maximum absolute atomic E-state index is 11.7. The monoisotopic (exact) mass is 198 g/mol. The Morgan fingerprint density at radius 1 is 0.933 bits per heavy atom. The fourth-order valence-electron chi connectivity index (χ4n) is 4.50. The molecule has 0 spiro atoms. The van der Waals surface area contributed by atoms with Gasteiger partial charge in [-0.15, -0.1) is 0 Å². The molecule has 0 aromatic heterocycles. The Hall–Kier alpha value is -1.31. The van der Waals surface area contributed by atoms with Crippen molar-refractivity contribution in [2.75, 3.05) is 0 Å². The third kappa shape index (κ3) is 0.543. The van der Waals surface area contributed by atoms with Crippen LogP contribution < -0.4 is 0 Å². The second kappa shape index (κ2) is 1.84. The molecule has 15 heavy (non-hydrogen) atoms. The summed E-state index contributed by atoms with van der Waals surface area (Å²) in [5.41, 5.74) is 2.90. The highest BCUT2D eigenvalue weighted by Gasteiger charge is 2.78. The number of rotatable bonds is 0. The van der Waals surface area contributed by atoms with E-state index in [1.165, 1.54) is 11.1 Å². The molecule has 1 aliphatic heterocycles. The van der Waals surface area contributed by atoms with Crippen molar-refractivity contribution < 1.29 is 9.53 Å². The summed E-state index contributed by atoms with van der Waals surface area (Å²) >= 11 is 0. The van der Waals surface area contributed by atoms with E-state index < -0.39 is 0 Å². The van der Waals surface area contributed by atoms with Gasteiger partial charge in [0.1, 0.15) is 6.10 Å². The summed E-state index contributed by atoms with van der Waals surface area (Å²) in [5.74, 6) is 2.63. The Balaban J connectivity index is 1.84. The van der Waals surface area contributed by atoms with Crippen molar-refractivity contribution >= 4 is 5.97 Å². The lowest BCUT2D eigenvalue weighted by atomic mass is 9.74. The largest absolute Gasteiger partial charge is 0.461 e. The van der Waals surface area contributed by atoms with Gasteiger partial charge in [-0.25, -0.2) is 0 Å². The van der Waals surface area contributed by atoms with E-state index in [1.54, 1.807) is 0 Å². The second-order valence-corrected chi connectivity index (χ2v) is 5.26. The predicted molar refractivity (Wildman–Crippen MR) is 52.3 cm³/mol. The molecule has 2 heteroatoms. The number of carbonyl (C=O) groups excluding carboxylic acids is 1. The Morgan fingerprint density at radius 3 is 2.40 bits per heavy atom. The maximum Gasteiger partial charge on any atom is 0.310 e. The van der Waals surface area contributed by atoms with E-state index in [0.717, 1.165) is 0 Å². The zero-order valence-corrected chi connectivity index (χ0v) is 8.09. The molecule has 1 saturated heterocycles. The van der Waals surface area contributed by atoms with Crippen LogP contribution in [0.15, 0.2) is 24.3 Å². The van der Waals surface area contributed by atoms with E-state index in [1.807, 2.05) is 0 Å². The van der Waals surface area contributed by atoms with E-state index in [4.69, 9.17) is 4.74 Å². The molecule has 1 aromatic carbocycles. The quantitative estimate of drug-likeness (QED) is 0.593. The van der Waals surface area contributed by atoms with Crippen LogP contribution in [0.25, 0.3) is 0 Å². The average molecular weight is 198 g/mol. The summed E-state index contributed by atoms with van der Waals surface area (Å²) < 4.78 is 5.47. The maximum atomic E-state index is 11.7. The van der Waals surface area contributed by atoms with Gasteiger partial charge in [0.2, 0.25) is 0 Å². The number of hydrogen-bond acceptors (Lipinski definition) is 2. The normalized spacial score (nSPS) is 51.3. The van der Waals surface area contributed by atoms with Gasteiger partial charge in [0.15, 0.2) is 0 Å². The topological polar surface area (TPSA) is 26.3 Å². The minimum absolute atomic E-state index is 0.0725. The van der Waals surface area contributed by atoms with Crippen LogP contribution in [0.1, 0.15) is 23.0 Å². The van der Waals surface area contributed by atoms with Crippen molar-refractivity contribution in [1.82, 2.24) is 0 Å². The molecule has 2 saturated carbocycles. The smallest absolute Gasteiger partial charge is 0.310 e. The Bertz CT molecular complexity index is 507. The summed E-state index contributed by atoms with van der Waals surface area (Å²) in [6, 6.07) is 8.62. The number of esters is 1. The van der Waals surface area contributed by atoms with Crippen LogP contribution in [0.4, 0.5) is 0 Å². The highest BCUT2D eigenvalue weighted by Crippen LogP contribution is 2.77. The Morgan fingerprint density at radius 2 is 1.67 bits per heavy atom. The number of hydrogen-bond donors (Lipinski definition) is 0. The molecule has 1 heterocycles. The van der Waals surface area contributed by atoms with Gasteiger partial charge >= 0.3 is 5.97 Å². The van der Waals surface area contributed by atoms with Crippen molar-refractivity contribution in [2.45, 2.75) is 17.9 Å². The minimum Gasteiger partial charge on any atom is -0.461 e. The van der Waals surface area contributed by atoms with Gasteiger partial charge in [-0.3, -0.25) is 4.79 Å². The molecule has 0 N–H and O–H groups in total. The fourth-order valence-corrected chi connectivity index (χ4v) is 4.50. The van der Waals surface area contributed by atoms with Crippen LogP contribution in [-0.2, 0) is 9.53 Å². The summed E-state index contributed by atoms with van der Waals surface area (Å²) in [4.78, 5) is 11.7. The van der Waals surface area contributed by atoms with Gasteiger partial charge in [-0.05, 0) is 23.0 Å². The Labute approximate surface area is 87.2 Å². The SMILES string of the molecule is O=C1O[C@H]2[C@H]3c4ccccc4[C@@H]4[C@@H]2[C@@H]4[C@@H]13. The van der Waals surface area contributed by atoms with Crippen LogP contribution in [0.5, 0.6) is 0 Å². The molecule has 0 amide bonds. The standard InChI is InChI=1S/C13H10O2/c14-13-11-8-6-4-2-1-3-5(6)7-9(11)10(7)12(8)15-13/h1-4,7-12H/t7-,8-,9+,10+,11-,12-/m0/s1. The van der Waals surface area contributed by atoms with Crippen LogP contribution in [0.3, 0.4) is 0 Å². The van der Waals surface area contributed by atoms with Gasteiger partial charge in [-0.2, -0.15) is 0 Å². The third-order valence-corrected chi connectivity index (χ3v) is 4.91. The molecule has 6 atom stereocenters. The van der Waals surface area contributed by atoms with Crippen LogP contribution >= 0.6 is 0 Å². The number of ether oxygens (including phenoxy) is 1. The first-order valence-corrected chi connectivity index (χ1v) is 5.67. The zero-order chi connectivity index (χ0) is 9.73. The van der Waals surface area contributed by atoms with Gasteiger partial charge in [0, 0.05) is 11.8 Å². The fraction of sp³-hybridized carbons (Fsp3) is 0.462. The molecule has 4 aliphatic carbocycles. The molecular formula is C13H10O2. The molecule has 2 nitrogen and oxygen atoms in total. The molecular weight excluding hydrogens is 188 g/mol. The molecule has 5 aliphatic rings. The summed E-state index contributed by atoms with van der Waals surface area (Å²) in [7, 11) is 0. The summed E-state index contributed by atoms with van der Waals surface area (Å²) in [5, 5.41) is 0. The highest BCUT2D eigenvalue weighted by atomic mass is 16.6. The molecule has 74 valence electrons. The number of carbonyl (C=O) groups is 1. The molecule has 1 aromatic rings. The summed E-state index contributed by atoms with van der Waals surface area (Å²) in [6.45, 7) is 0. The van der Waals surface area contributed by atoms with Crippen LogP contribution in [-0.4, -0.2) is 12.1 Å². The first-order valence-electron chi connectivity index (χ1n) is 5.67. The minimum atomic E-state index is 0.0725. The first-order chi connectivity index (χ1) is 7.38. The van der Waals surface area contributed by atoms with Crippen molar-refractivity contribution in [3.05, 3.63) is 35.4 Å². The van der Waals surface area contributed by atoms with E-state index in [-0.39, 0.29) is 18.0 Å². The molecule has 0 radical (unpaired) electrons.